The lowest BCUT2D eigenvalue weighted by atomic mass is 9.98. The molecule has 0 aromatic heterocycles. The maximum atomic E-state index is 11.9. The van der Waals surface area contributed by atoms with Gasteiger partial charge in [-0.2, -0.15) is 0 Å². The number of carbonyl (C=O) groups is 2. The monoisotopic (exact) mass is 257 g/mol. The molecule has 1 amide bonds. The van der Waals surface area contributed by atoms with Crippen molar-refractivity contribution in [3.63, 3.8) is 0 Å². The molecule has 18 heavy (non-hydrogen) atoms. The van der Waals surface area contributed by atoms with Crippen molar-refractivity contribution >= 4 is 11.9 Å². The number of nitrogens with zero attached hydrogens (tertiary/aromatic N) is 1. The molecule has 104 valence electrons. The van der Waals surface area contributed by atoms with Crippen LogP contribution in [-0.2, 0) is 19.1 Å². The van der Waals surface area contributed by atoms with E-state index in [4.69, 9.17) is 9.47 Å². The Balaban J connectivity index is 2.42. The number of likely N-dealkylation sites (tertiary alicyclic amines) is 1. The number of esters is 1. The number of hydrogen-bond acceptors (Lipinski definition) is 4. The number of rotatable bonds is 5. The molecule has 1 rings (SSSR count). The highest BCUT2D eigenvalue weighted by Gasteiger charge is 2.29. The van der Waals surface area contributed by atoms with Gasteiger partial charge in [0.25, 0.3) is 0 Å². The van der Waals surface area contributed by atoms with E-state index in [0.29, 0.717) is 19.7 Å². The minimum atomic E-state index is -0.195. The van der Waals surface area contributed by atoms with E-state index in [1.807, 2.05) is 13.8 Å². The van der Waals surface area contributed by atoms with Crippen molar-refractivity contribution in [2.75, 3.05) is 26.3 Å². The van der Waals surface area contributed by atoms with Crippen molar-refractivity contribution < 1.29 is 19.1 Å². The number of ether oxygens (including phenoxy) is 2. The van der Waals surface area contributed by atoms with Crippen molar-refractivity contribution in [2.24, 2.45) is 5.92 Å². The van der Waals surface area contributed by atoms with Crippen LogP contribution in [0.2, 0.25) is 0 Å². The molecule has 1 atom stereocenters. The van der Waals surface area contributed by atoms with Crippen molar-refractivity contribution in [2.45, 2.75) is 39.7 Å². The zero-order valence-electron chi connectivity index (χ0n) is 11.5. The Morgan fingerprint density at radius 1 is 1.39 bits per heavy atom. The lowest BCUT2D eigenvalue weighted by Crippen LogP contribution is -2.44. The summed E-state index contributed by atoms with van der Waals surface area (Å²) < 4.78 is 10.3. The van der Waals surface area contributed by atoms with E-state index in [2.05, 4.69) is 0 Å². The van der Waals surface area contributed by atoms with Crippen LogP contribution in [0.4, 0.5) is 0 Å². The summed E-state index contributed by atoms with van der Waals surface area (Å²) in [6, 6.07) is 0. The van der Waals surface area contributed by atoms with E-state index in [9.17, 15) is 9.59 Å². The molecule has 0 unspecified atom stereocenters. The zero-order chi connectivity index (χ0) is 13.5. The highest BCUT2D eigenvalue weighted by atomic mass is 16.5. The topological polar surface area (TPSA) is 55.8 Å². The van der Waals surface area contributed by atoms with Gasteiger partial charge in [-0.25, -0.2) is 0 Å². The molecule has 1 heterocycles. The maximum absolute atomic E-state index is 11.9. The largest absolute Gasteiger partial charge is 0.466 e. The van der Waals surface area contributed by atoms with Gasteiger partial charge in [0, 0.05) is 13.1 Å². The van der Waals surface area contributed by atoms with E-state index in [0.717, 1.165) is 12.8 Å². The normalized spacial score (nSPS) is 20.0. The molecule has 0 spiro atoms. The Bertz CT molecular complexity index is 291. The third kappa shape index (κ3) is 4.64. The summed E-state index contributed by atoms with van der Waals surface area (Å²) in [5.74, 6) is -0.417. The van der Waals surface area contributed by atoms with Crippen LogP contribution >= 0.6 is 0 Å². The molecule has 0 aromatic rings. The van der Waals surface area contributed by atoms with Crippen LogP contribution in [0.1, 0.15) is 33.6 Å². The van der Waals surface area contributed by atoms with Crippen molar-refractivity contribution in [3.8, 4) is 0 Å². The zero-order valence-corrected chi connectivity index (χ0v) is 11.5. The van der Waals surface area contributed by atoms with E-state index >= 15 is 0 Å². The fourth-order valence-electron chi connectivity index (χ4n) is 1.99. The smallest absolute Gasteiger partial charge is 0.310 e. The van der Waals surface area contributed by atoms with Crippen LogP contribution in [0.25, 0.3) is 0 Å². The van der Waals surface area contributed by atoms with Crippen molar-refractivity contribution in [1.29, 1.82) is 0 Å². The predicted octanol–water partition coefficient (Wildman–Crippen LogP) is 1.21. The van der Waals surface area contributed by atoms with Crippen LogP contribution in [0.5, 0.6) is 0 Å². The summed E-state index contributed by atoms with van der Waals surface area (Å²) in [7, 11) is 0. The van der Waals surface area contributed by atoms with Gasteiger partial charge in [-0.1, -0.05) is 0 Å². The molecule has 5 nitrogen and oxygen atoms in total. The van der Waals surface area contributed by atoms with Crippen LogP contribution in [0.3, 0.4) is 0 Å². The Labute approximate surface area is 108 Å². The number of hydrogen-bond donors (Lipinski definition) is 0. The van der Waals surface area contributed by atoms with Gasteiger partial charge in [-0.3, -0.25) is 9.59 Å². The SMILES string of the molecule is CCOC(=O)[C@@H]1CCCN(C(=O)COC(C)C)C1. The van der Waals surface area contributed by atoms with Crippen LogP contribution in [-0.4, -0.2) is 49.2 Å². The molecular formula is C13H23NO4. The van der Waals surface area contributed by atoms with Gasteiger partial charge in [0.15, 0.2) is 0 Å². The second-order valence-electron chi connectivity index (χ2n) is 4.79. The molecule has 1 saturated heterocycles. The van der Waals surface area contributed by atoms with Gasteiger partial charge in [0.1, 0.15) is 6.61 Å². The predicted molar refractivity (Wildman–Crippen MR) is 67.0 cm³/mol. The minimum absolute atomic E-state index is 0.0413. The lowest BCUT2D eigenvalue weighted by molar-refractivity contribution is -0.152. The van der Waals surface area contributed by atoms with Gasteiger partial charge in [0.2, 0.25) is 5.91 Å². The first-order valence-corrected chi connectivity index (χ1v) is 6.60. The second-order valence-corrected chi connectivity index (χ2v) is 4.79. The van der Waals surface area contributed by atoms with E-state index in [1.165, 1.54) is 0 Å². The van der Waals surface area contributed by atoms with Crippen LogP contribution in [0.15, 0.2) is 0 Å². The Kier molecular flexibility index (Phi) is 6.12. The molecule has 1 fully saturated rings. The van der Waals surface area contributed by atoms with Gasteiger partial charge in [0.05, 0.1) is 18.6 Å². The highest BCUT2D eigenvalue weighted by molar-refractivity contribution is 5.79. The molecule has 0 radical (unpaired) electrons. The van der Waals surface area contributed by atoms with Gasteiger partial charge in [-0.15, -0.1) is 0 Å². The molecular weight excluding hydrogens is 234 g/mol. The number of amides is 1. The molecule has 1 aliphatic rings. The Morgan fingerprint density at radius 2 is 2.11 bits per heavy atom. The van der Waals surface area contributed by atoms with E-state index < -0.39 is 0 Å². The first-order chi connectivity index (χ1) is 8.54. The summed E-state index contributed by atoms with van der Waals surface area (Å²) in [5.41, 5.74) is 0. The minimum Gasteiger partial charge on any atom is -0.466 e. The van der Waals surface area contributed by atoms with Gasteiger partial charge < -0.3 is 14.4 Å². The second kappa shape index (κ2) is 7.36. The third-order valence-electron chi connectivity index (χ3n) is 2.93. The third-order valence-corrected chi connectivity index (χ3v) is 2.93. The molecule has 0 aliphatic carbocycles. The molecule has 0 saturated carbocycles. The van der Waals surface area contributed by atoms with E-state index in [-0.39, 0.29) is 30.5 Å². The average Bonchev–Trinajstić information content (AvgIpc) is 2.36. The first kappa shape index (κ1) is 15.0. The summed E-state index contributed by atoms with van der Waals surface area (Å²) in [6.45, 7) is 7.22. The number of piperidine rings is 1. The number of carbonyl (C=O) groups excluding carboxylic acids is 2. The summed E-state index contributed by atoms with van der Waals surface area (Å²) in [6.07, 6.45) is 1.68. The van der Waals surface area contributed by atoms with Crippen molar-refractivity contribution in [3.05, 3.63) is 0 Å². The van der Waals surface area contributed by atoms with Gasteiger partial charge >= 0.3 is 5.97 Å². The fraction of sp³-hybridized carbons (Fsp3) is 0.846. The average molecular weight is 257 g/mol. The lowest BCUT2D eigenvalue weighted by Gasteiger charge is -2.31. The summed E-state index contributed by atoms with van der Waals surface area (Å²) >= 11 is 0. The molecule has 0 bridgehead atoms. The van der Waals surface area contributed by atoms with Crippen LogP contribution < -0.4 is 0 Å². The highest BCUT2D eigenvalue weighted by Crippen LogP contribution is 2.18. The Morgan fingerprint density at radius 3 is 2.72 bits per heavy atom. The van der Waals surface area contributed by atoms with E-state index in [1.54, 1.807) is 11.8 Å². The maximum Gasteiger partial charge on any atom is 0.310 e. The standard InChI is InChI=1S/C13H23NO4/c1-4-17-13(16)11-6-5-7-14(8-11)12(15)9-18-10(2)3/h10-11H,4-9H2,1-3H3/t11-/m1/s1. The Hall–Kier alpha value is -1.10. The summed E-state index contributed by atoms with van der Waals surface area (Å²) in [4.78, 5) is 25.2. The van der Waals surface area contributed by atoms with Crippen LogP contribution in [0, 0.1) is 5.92 Å². The molecule has 0 aromatic carbocycles. The molecule has 0 N–H and O–H groups in total. The van der Waals surface area contributed by atoms with Gasteiger partial charge in [-0.05, 0) is 33.6 Å². The molecule has 1 aliphatic heterocycles. The quantitative estimate of drug-likeness (QED) is 0.695. The first-order valence-electron chi connectivity index (χ1n) is 6.60. The van der Waals surface area contributed by atoms with Crippen molar-refractivity contribution in [1.82, 2.24) is 4.90 Å². The molecule has 5 heteroatoms. The summed E-state index contributed by atoms with van der Waals surface area (Å²) in [5, 5.41) is 0. The fourth-order valence-corrected chi connectivity index (χ4v) is 1.99.